The predicted octanol–water partition coefficient (Wildman–Crippen LogP) is 4.36. The summed E-state index contributed by atoms with van der Waals surface area (Å²) in [5, 5.41) is 3.75. The minimum Gasteiger partial charge on any atom is -0.493 e. The lowest BCUT2D eigenvalue weighted by Crippen LogP contribution is -2.30. The zero-order valence-electron chi connectivity index (χ0n) is 14.7. The average Bonchev–Trinajstić information content (AvgIpc) is 3.34. The maximum absolute atomic E-state index is 14.6. The Labute approximate surface area is 165 Å². The van der Waals surface area contributed by atoms with Crippen molar-refractivity contribution < 1.29 is 22.3 Å². The molecule has 144 valence electrons. The van der Waals surface area contributed by atoms with Crippen molar-refractivity contribution in [2.24, 2.45) is 0 Å². The summed E-state index contributed by atoms with van der Waals surface area (Å²) in [7, 11) is -1.36. The molecule has 5 nitrogen and oxygen atoms in total. The SMILES string of the molecule is COc1cc(F)c(S(=O)(=O)N(Cc2cccs2)Cc2cccs2)cc1OC. The lowest BCUT2D eigenvalue weighted by atomic mass is 10.3. The zero-order valence-corrected chi connectivity index (χ0v) is 17.2. The van der Waals surface area contributed by atoms with Crippen LogP contribution in [0.5, 0.6) is 11.5 Å². The molecular weight excluding hydrogens is 409 g/mol. The second-order valence-corrected chi connectivity index (χ2v) is 9.54. The molecule has 2 heterocycles. The molecule has 0 atom stereocenters. The quantitative estimate of drug-likeness (QED) is 0.536. The van der Waals surface area contributed by atoms with Crippen LogP contribution in [0.2, 0.25) is 0 Å². The molecule has 0 saturated heterocycles. The third-order valence-corrected chi connectivity index (χ3v) is 7.41. The van der Waals surface area contributed by atoms with Gasteiger partial charge in [0, 0.05) is 35.0 Å². The number of sulfonamides is 1. The molecule has 0 aliphatic rings. The van der Waals surface area contributed by atoms with Gasteiger partial charge in [-0.2, -0.15) is 4.31 Å². The summed E-state index contributed by atoms with van der Waals surface area (Å²) in [5.74, 6) is -0.586. The molecule has 2 aromatic heterocycles. The Bertz CT molecular complexity index is 950. The largest absolute Gasteiger partial charge is 0.493 e. The average molecular weight is 428 g/mol. The topological polar surface area (TPSA) is 55.8 Å². The van der Waals surface area contributed by atoms with E-state index in [-0.39, 0.29) is 24.6 Å². The smallest absolute Gasteiger partial charge is 0.246 e. The first-order valence-electron chi connectivity index (χ1n) is 7.92. The minimum atomic E-state index is -4.11. The van der Waals surface area contributed by atoms with Crippen molar-refractivity contribution in [3.05, 3.63) is 62.7 Å². The molecule has 0 unspecified atom stereocenters. The molecule has 3 aromatic rings. The first kappa shape index (κ1) is 19.8. The Morgan fingerprint density at radius 2 is 1.48 bits per heavy atom. The minimum absolute atomic E-state index is 0.136. The maximum Gasteiger partial charge on any atom is 0.246 e. The lowest BCUT2D eigenvalue weighted by molar-refractivity contribution is 0.349. The van der Waals surface area contributed by atoms with E-state index in [2.05, 4.69) is 0 Å². The second-order valence-electron chi connectivity index (χ2n) is 5.57. The molecule has 1 aromatic carbocycles. The van der Waals surface area contributed by atoms with Crippen LogP contribution < -0.4 is 9.47 Å². The van der Waals surface area contributed by atoms with E-state index in [1.54, 1.807) is 0 Å². The number of methoxy groups -OCH3 is 2. The molecule has 0 amide bonds. The van der Waals surface area contributed by atoms with Crippen LogP contribution in [0.15, 0.2) is 52.1 Å². The van der Waals surface area contributed by atoms with Gasteiger partial charge in [-0.05, 0) is 22.9 Å². The molecule has 0 saturated carbocycles. The van der Waals surface area contributed by atoms with Gasteiger partial charge < -0.3 is 9.47 Å². The van der Waals surface area contributed by atoms with Crippen molar-refractivity contribution in [2.75, 3.05) is 14.2 Å². The maximum atomic E-state index is 14.6. The third kappa shape index (κ3) is 4.32. The van der Waals surface area contributed by atoms with Gasteiger partial charge in [0.25, 0.3) is 0 Å². The molecule has 9 heteroatoms. The van der Waals surface area contributed by atoms with Crippen LogP contribution in [0.4, 0.5) is 4.39 Å². The number of nitrogens with zero attached hydrogens (tertiary/aromatic N) is 1. The molecule has 0 fully saturated rings. The van der Waals surface area contributed by atoms with E-state index in [1.807, 2.05) is 35.0 Å². The van der Waals surface area contributed by atoms with Gasteiger partial charge in [0.05, 0.1) is 14.2 Å². The number of hydrogen-bond donors (Lipinski definition) is 0. The van der Waals surface area contributed by atoms with Gasteiger partial charge in [-0.25, -0.2) is 12.8 Å². The highest BCUT2D eigenvalue weighted by atomic mass is 32.2. The summed E-state index contributed by atoms with van der Waals surface area (Å²) in [5.41, 5.74) is 0. The standard InChI is InChI=1S/C18H18FNO4S3/c1-23-16-9-15(19)18(10-17(16)24-2)27(21,22)20(11-13-5-3-7-25-13)12-14-6-4-8-26-14/h3-10H,11-12H2,1-2H3. The van der Waals surface area contributed by atoms with Crippen molar-refractivity contribution >= 4 is 32.7 Å². The molecule has 0 spiro atoms. The summed E-state index contributed by atoms with van der Waals surface area (Å²) in [6.45, 7) is 0.317. The Kier molecular flexibility index (Phi) is 6.15. The molecule has 0 bridgehead atoms. The second kappa shape index (κ2) is 8.39. The number of thiophene rings is 2. The van der Waals surface area contributed by atoms with E-state index in [0.29, 0.717) is 0 Å². The van der Waals surface area contributed by atoms with Gasteiger partial charge in [0.15, 0.2) is 11.5 Å². The van der Waals surface area contributed by atoms with Crippen LogP contribution >= 0.6 is 22.7 Å². The lowest BCUT2D eigenvalue weighted by Gasteiger charge is -2.22. The van der Waals surface area contributed by atoms with Crippen LogP contribution in [0.25, 0.3) is 0 Å². The van der Waals surface area contributed by atoms with E-state index >= 15 is 0 Å². The molecule has 27 heavy (non-hydrogen) atoms. The first-order valence-corrected chi connectivity index (χ1v) is 11.1. The van der Waals surface area contributed by atoms with Gasteiger partial charge >= 0.3 is 0 Å². The highest BCUT2D eigenvalue weighted by Gasteiger charge is 2.30. The Balaban J connectivity index is 2.04. The highest BCUT2D eigenvalue weighted by molar-refractivity contribution is 7.89. The fraction of sp³-hybridized carbons (Fsp3) is 0.222. The van der Waals surface area contributed by atoms with Crippen LogP contribution in [0, 0.1) is 5.82 Å². The summed E-state index contributed by atoms with van der Waals surface area (Å²) >= 11 is 2.90. The van der Waals surface area contributed by atoms with E-state index in [4.69, 9.17) is 9.47 Å². The number of halogens is 1. The monoisotopic (exact) mass is 427 g/mol. The summed E-state index contributed by atoms with van der Waals surface area (Å²) in [4.78, 5) is 1.31. The fourth-order valence-corrected chi connectivity index (χ4v) is 5.61. The van der Waals surface area contributed by atoms with Crippen LogP contribution in [0.3, 0.4) is 0 Å². The Hall–Kier alpha value is -1.94. The van der Waals surface area contributed by atoms with Crippen molar-refractivity contribution in [3.63, 3.8) is 0 Å². The summed E-state index contributed by atoms with van der Waals surface area (Å²) < 4.78 is 52.6. The summed E-state index contributed by atoms with van der Waals surface area (Å²) in [6.07, 6.45) is 0. The normalized spacial score (nSPS) is 11.7. The first-order chi connectivity index (χ1) is 13.0. The van der Waals surface area contributed by atoms with Crippen LogP contribution in [-0.4, -0.2) is 26.9 Å². The number of hydrogen-bond acceptors (Lipinski definition) is 6. The van der Waals surface area contributed by atoms with Crippen molar-refractivity contribution in [2.45, 2.75) is 18.0 Å². The van der Waals surface area contributed by atoms with E-state index in [1.165, 1.54) is 47.3 Å². The Morgan fingerprint density at radius 1 is 0.963 bits per heavy atom. The number of ether oxygens (including phenoxy) is 2. The van der Waals surface area contributed by atoms with Crippen LogP contribution in [0.1, 0.15) is 9.75 Å². The molecule has 0 radical (unpaired) electrons. The number of benzene rings is 1. The zero-order chi connectivity index (χ0) is 19.4. The van der Waals surface area contributed by atoms with E-state index in [0.717, 1.165) is 15.8 Å². The van der Waals surface area contributed by atoms with E-state index < -0.39 is 20.7 Å². The van der Waals surface area contributed by atoms with Crippen molar-refractivity contribution in [3.8, 4) is 11.5 Å². The van der Waals surface area contributed by atoms with Crippen LogP contribution in [-0.2, 0) is 23.1 Å². The predicted molar refractivity (Wildman–Crippen MR) is 105 cm³/mol. The molecule has 0 aliphatic heterocycles. The molecule has 0 N–H and O–H groups in total. The van der Waals surface area contributed by atoms with Gasteiger partial charge in [-0.15, -0.1) is 22.7 Å². The van der Waals surface area contributed by atoms with Gasteiger partial charge in [0.2, 0.25) is 10.0 Å². The molecular formula is C18H18FNO4S3. The Morgan fingerprint density at radius 3 is 1.93 bits per heavy atom. The van der Waals surface area contributed by atoms with Crippen molar-refractivity contribution in [1.29, 1.82) is 0 Å². The van der Waals surface area contributed by atoms with Gasteiger partial charge in [0.1, 0.15) is 10.7 Å². The number of rotatable bonds is 8. The van der Waals surface area contributed by atoms with Gasteiger partial charge in [-0.1, -0.05) is 12.1 Å². The molecule has 3 rings (SSSR count). The molecule has 0 aliphatic carbocycles. The van der Waals surface area contributed by atoms with Crippen molar-refractivity contribution in [1.82, 2.24) is 4.31 Å². The summed E-state index contributed by atoms with van der Waals surface area (Å²) in [6, 6.07) is 9.61. The van der Waals surface area contributed by atoms with Gasteiger partial charge in [-0.3, -0.25) is 0 Å². The van der Waals surface area contributed by atoms with E-state index in [9.17, 15) is 12.8 Å². The highest BCUT2D eigenvalue weighted by Crippen LogP contribution is 2.34. The fourth-order valence-electron chi connectivity index (χ4n) is 2.55. The third-order valence-electron chi connectivity index (χ3n) is 3.88.